The average Bonchev–Trinajstić information content (AvgIpc) is 2.77. The van der Waals surface area contributed by atoms with Gasteiger partial charge in [-0.25, -0.2) is 4.98 Å². The number of carbonyl (C=O) groups excluding carboxylic acids is 1. The van der Waals surface area contributed by atoms with Gasteiger partial charge in [-0.15, -0.1) is 0 Å². The third-order valence-electron chi connectivity index (χ3n) is 5.79. The molecule has 0 unspecified atom stereocenters. The van der Waals surface area contributed by atoms with E-state index in [1.54, 1.807) is 7.05 Å². The van der Waals surface area contributed by atoms with Crippen LogP contribution in [0.4, 0.5) is 5.82 Å². The Labute approximate surface area is 172 Å². The molecule has 148 valence electrons. The molecule has 0 spiro atoms. The lowest BCUT2D eigenvalue weighted by molar-refractivity contribution is 0.0962. The van der Waals surface area contributed by atoms with Crippen LogP contribution in [0.2, 0.25) is 0 Å². The van der Waals surface area contributed by atoms with Crippen LogP contribution in [0.25, 0.3) is 11.1 Å². The van der Waals surface area contributed by atoms with Gasteiger partial charge in [-0.2, -0.15) is 0 Å². The van der Waals surface area contributed by atoms with Crippen molar-refractivity contribution in [3.63, 3.8) is 0 Å². The average molecular weight is 386 g/mol. The summed E-state index contributed by atoms with van der Waals surface area (Å²) in [5.41, 5.74) is 7.88. The van der Waals surface area contributed by atoms with Crippen LogP contribution in [0.5, 0.6) is 0 Å². The maximum Gasteiger partial charge on any atom is 0.251 e. The predicted molar refractivity (Wildman–Crippen MR) is 118 cm³/mol. The molecule has 1 N–H and O–H groups in total. The highest BCUT2D eigenvalue weighted by Gasteiger charge is 2.22. The quantitative estimate of drug-likeness (QED) is 0.717. The van der Waals surface area contributed by atoms with Crippen LogP contribution in [0.3, 0.4) is 0 Å². The topological polar surface area (TPSA) is 45.2 Å². The number of nitrogens with one attached hydrogen (secondary N) is 1. The molecule has 0 saturated carbocycles. The van der Waals surface area contributed by atoms with E-state index in [4.69, 9.17) is 4.98 Å². The summed E-state index contributed by atoms with van der Waals surface area (Å²) in [5, 5.41) is 2.76. The van der Waals surface area contributed by atoms with E-state index in [0.29, 0.717) is 6.54 Å². The number of aromatic nitrogens is 1. The van der Waals surface area contributed by atoms with Crippen molar-refractivity contribution in [1.29, 1.82) is 0 Å². The van der Waals surface area contributed by atoms with Crippen LogP contribution < -0.4 is 10.2 Å². The van der Waals surface area contributed by atoms with Crippen LogP contribution in [-0.4, -0.2) is 24.5 Å². The number of hydrogen-bond donors (Lipinski definition) is 1. The normalized spacial score (nSPS) is 13.1. The second-order valence-corrected chi connectivity index (χ2v) is 7.55. The van der Waals surface area contributed by atoms with E-state index in [1.165, 1.54) is 22.3 Å². The predicted octanol–water partition coefficient (Wildman–Crippen LogP) is 4.54. The number of hydrogen-bond acceptors (Lipinski definition) is 3. The second kappa shape index (κ2) is 8.08. The van der Waals surface area contributed by atoms with E-state index in [-0.39, 0.29) is 5.91 Å². The summed E-state index contributed by atoms with van der Waals surface area (Å²) in [4.78, 5) is 19.5. The zero-order chi connectivity index (χ0) is 20.4. The van der Waals surface area contributed by atoms with Crippen molar-refractivity contribution < 1.29 is 4.79 Å². The molecule has 4 nitrogen and oxygen atoms in total. The Morgan fingerprint density at radius 1 is 1.14 bits per heavy atom. The third kappa shape index (κ3) is 3.75. The molecule has 4 rings (SSSR count). The lowest BCUT2D eigenvalue weighted by atomic mass is 9.94. The molecule has 2 aromatic carbocycles. The van der Waals surface area contributed by atoms with E-state index in [0.717, 1.165) is 42.0 Å². The lowest BCUT2D eigenvalue weighted by Gasteiger charge is -2.31. The maximum absolute atomic E-state index is 12.3. The summed E-state index contributed by atoms with van der Waals surface area (Å²) in [6, 6.07) is 19.0. The Bertz CT molecular complexity index is 1060. The van der Waals surface area contributed by atoms with Gasteiger partial charge in [0.2, 0.25) is 0 Å². The molecular weight excluding hydrogens is 358 g/mol. The van der Waals surface area contributed by atoms with Crippen molar-refractivity contribution in [3.8, 4) is 11.1 Å². The van der Waals surface area contributed by atoms with Crippen molar-refractivity contribution in [2.45, 2.75) is 33.2 Å². The van der Waals surface area contributed by atoms with Gasteiger partial charge in [0.1, 0.15) is 5.82 Å². The van der Waals surface area contributed by atoms with Gasteiger partial charge in [-0.3, -0.25) is 4.79 Å². The second-order valence-electron chi connectivity index (χ2n) is 7.55. The van der Waals surface area contributed by atoms with E-state index >= 15 is 0 Å². The molecule has 0 radical (unpaired) electrons. The first-order valence-electron chi connectivity index (χ1n) is 10.3. The maximum atomic E-state index is 12.3. The third-order valence-corrected chi connectivity index (χ3v) is 5.79. The van der Waals surface area contributed by atoms with Crippen molar-refractivity contribution in [3.05, 3.63) is 82.5 Å². The number of nitrogens with zero attached hydrogens (tertiary/aromatic N) is 2. The number of amides is 1. The first-order valence-corrected chi connectivity index (χ1v) is 10.3. The number of pyridine rings is 1. The fourth-order valence-corrected chi connectivity index (χ4v) is 4.11. The van der Waals surface area contributed by atoms with E-state index in [1.807, 2.05) is 12.1 Å². The zero-order valence-corrected chi connectivity index (χ0v) is 17.3. The Hall–Kier alpha value is -3.14. The molecule has 4 heteroatoms. The summed E-state index contributed by atoms with van der Waals surface area (Å²) in [7, 11) is 1.68. The van der Waals surface area contributed by atoms with Crippen molar-refractivity contribution >= 4 is 11.7 Å². The van der Waals surface area contributed by atoms with Crippen LogP contribution in [0, 0.1) is 6.92 Å². The first kappa shape index (κ1) is 19.2. The van der Waals surface area contributed by atoms with E-state index in [2.05, 4.69) is 66.5 Å². The monoisotopic (exact) mass is 385 g/mol. The van der Waals surface area contributed by atoms with E-state index in [9.17, 15) is 4.79 Å². The van der Waals surface area contributed by atoms with Crippen LogP contribution in [0.1, 0.15) is 39.7 Å². The van der Waals surface area contributed by atoms with Gasteiger partial charge in [0.15, 0.2) is 0 Å². The van der Waals surface area contributed by atoms with Crippen LogP contribution >= 0.6 is 0 Å². The van der Waals surface area contributed by atoms with Gasteiger partial charge in [-0.05, 0) is 60.2 Å². The fraction of sp³-hybridized carbons (Fsp3) is 0.280. The smallest absolute Gasteiger partial charge is 0.251 e. The first-order chi connectivity index (χ1) is 14.1. The molecule has 3 aromatic rings. The molecule has 1 amide bonds. The number of carbonyl (C=O) groups is 1. The van der Waals surface area contributed by atoms with Gasteiger partial charge < -0.3 is 10.2 Å². The molecule has 1 aliphatic heterocycles. The van der Waals surface area contributed by atoms with E-state index < -0.39 is 0 Å². The molecule has 1 aliphatic rings. The minimum atomic E-state index is -0.0287. The highest BCUT2D eigenvalue weighted by molar-refractivity contribution is 5.96. The minimum Gasteiger partial charge on any atom is -0.355 e. The van der Waals surface area contributed by atoms with Crippen molar-refractivity contribution in [1.82, 2.24) is 10.3 Å². The van der Waals surface area contributed by atoms with Crippen LogP contribution in [-0.2, 0) is 19.4 Å². The highest BCUT2D eigenvalue weighted by Crippen LogP contribution is 2.29. The van der Waals surface area contributed by atoms with Crippen LogP contribution in [0.15, 0.2) is 54.6 Å². The van der Waals surface area contributed by atoms with Gasteiger partial charge in [-0.1, -0.05) is 43.3 Å². The molecule has 0 bridgehead atoms. The Balaban J connectivity index is 1.64. The molecule has 2 heterocycles. The number of fused-ring (bicyclic) bond motifs is 1. The summed E-state index contributed by atoms with van der Waals surface area (Å²) in [6.45, 7) is 5.86. The SMILES string of the molecule is CCc1cccc(-c2ccc(N3CCc4cccc(C(=O)NC)c4C3)nc2C)c1. The Morgan fingerprint density at radius 2 is 1.97 bits per heavy atom. The molecule has 0 saturated heterocycles. The van der Waals surface area contributed by atoms with Gasteiger partial charge >= 0.3 is 0 Å². The number of benzene rings is 2. The number of anilines is 1. The Morgan fingerprint density at radius 3 is 2.72 bits per heavy atom. The molecule has 0 fully saturated rings. The molecule has 0 aliphatic carbocycles. The standard InChI is InChI=1S/C25H27N3O/c1-4-18-7-5-9-20(15-18)21-11-12-24(27-17(21)2)28-14-13-19-8-6-10-22(23(19)16-28)25(29)26-3/h5-12,15H,4,13-14,16H2,1-3H3,(H,26,29). The summed E-state index contributed by atoms with van der Waals surface area (Å²) < 4.78 is 0. The number of rotatable bonds is 4. The van der Waals surface area contributed by atoms with Crippen molar-refractivity contribution in [2.75, 3.05) is 18.5 Å². The molecule has 0 atom stereocenters. The Kier molecular flexibility index (Phi) is 5.34. The molecular formula is C25H27N3O. The lowest BCUT2D eigenvalue weighted by Crippen LogP contribution is -2.33. The summed E-state index contributed by atoms with van der Waals surface area (Å²) in [5.74, 6) is 0.939. The zero-order valence-electron chi connectivity index (χ0n) is 17.3. The van der Waals surface area contributed by atoms with Crippen molar-refractivity contribution in [2.24, 2.45) is 0 Å². The highest BCUT2D eigenvalue weighted by atomic mass is 16.1. The summed E-state index contributed by atoms with van der Waals surface area (Å²) in [6.07, 6.45) is 1.94. The van der Waals surface area contributed by atoms with Gasteiger partial charge in [0.25, 0.3) is 5.91 Å². The molecule has 29 heavy (non-hydrogen) atoms. The van der Waals surface area contributed by atoms with Gasteiger partial charge in [0, 0.05) is 37.0 Å². The number of aryl methyl sites for hydroxylation is 2. The van der Waals surface area contributed by atoms with Gasteiger partial charge in [0.05, 0.1) is 0 Å². The summed E-state index contributed by atoms with van der Waals surface area (Å²) >= 11 is 0. The fourth-order valence-electron chi connectivity index (χ4n) is 4.11. The molecule has 1 aromatic heterocycles. The minimum absolute atomic E-state index is 0.0287. The largest absolute Gasteiger partial charge is 0.355 e.